The molecular weight excluding hydrogens is 428 g/mol. The molecule has 1 aliphatic rings. The van der Waals surface area contributed by atoms with Crippen LogP contribution in [0.3, 0.4) is 0 Å². The smallest absolute Gasteiger partial charge is 0.319 e. The molecule has 0 aliphatic carbocycles. The molecule has 0 unspecified atom stereocenters. The molecule has 6 nitrogen and oxygen atoms in total. The van der Waals surface area contributed by atoms with Crippen LogP contribution in [0, 0.1) is 11.6 Å². The Balaban J connectivity index is 1.80. The average Bonchev–Trinajstić information content (AvgIpc) is 2.74. The Morgan fingerprint density at radius 1 is 1.19 bits per heavy atom. The molecule has 2 N–H and O–H groups in total. The summed E-state index contributed by atoms with van der Waals surface area (Å²) in [5, 5.41) is 6.17. The minimum Gasteiger partial charge on any atom is -0.497 e. The van der Waals surface area contributed by atoms with Gasteiger partial charge in [-0.3, -0.25) is 0 Å². The summed E-state index contributed by atoms with van der Waals surface area (Å²) < 4.78 is 39.8. The molecule has 2 aromatic rings. The van der Waals surface area contributed by atoms with E-state index in [1.165, 1.54) is 7.11 Å². The maximum absolute atomic E-state index is 14.9. The van der Waals surface area contributed by atoms with Crippen molar-refractivity contribution in [3.63, 3.8) is 0 Å². The number of halogens is 3. The van der Waals surface area contributed by atoms with E-state index in [9.17, 15) is 13.6 Å². The Hall–Kier alpha value is -2.42. The van der Waals surface area contributed by atoms with E-state index in [-0.39, 0.29) is 11.3 Å². The molecule has 2 amide bonds. The molecule has 1 saturated heterocycles. The number of hydrogen-bond acceptors (Lipinski definition) is 4. The van der Waals surface area contributed by atoms with Crippen molar-refractivity contribution in [2.45, 2.75) is 18.4 Å². The number of nitrogens with one attached hydrogen (secondary N) is 2. The fourth-order valence-corrected chi connectivity index (χ4v) is 3.94. The molecule has 9 heteroatoms. The second-order valence-corrected chi connectivity index (χ2v) is 7.84. The van der Waals surface area contributed by atoms with Crippen LogP contribution in [0.5, 0.6) is 5.75 Å². The third-order valence-electron chi connectivity index (χ3n) is 5.39. The highest BCUT2D eigenvalue weighted by atomic mass is 35.5. The Kier molecular flexibility index (Phi) is 8.06. The summed E-state index contributed by atoms with van der Waals surface area (Å²) in [6, 6.07) is 8.10. The number of methoxy groups -OCH3 is 2. The van der Waals surface area contributed by atoms with Gasteiger partial charge < -0.3 is 25.0 Å². The van der Waals surface area contributed by atoms with E-state index >= 15 is 0 Å². The van der Waals surface area contributed by atoms with Crippen molar-refractivity contribution in [1.82, 2.24) is 10.2 Å². The van der Waals surface area contributed by atoms with Crippen LogP contribution >= 0.6 is 11.6 Å². The summed E-state index contributed by atoms with van der Waals surface area (Å²) in [5.74, 6) is -1.86. The van der Waals surface area contributed by atoms with Gasteiger partial charge in [-0.05, 0) is 30.7 Å². The van der Waals surface area contributed by atoms with E-state index in [1.54, 1.807) is 31.4 Å². The van der Waals surface area contributed by atoms with Gasteiger partial charge in [0.1, 0.15) is 17.4 Å². The number of amides is 2. The predicted octanol–water partition coefficient (Wildman–Crippen LogP) is 4.25. The lowest BCUT2D eigenvalue weighted by Gasteiger charge is -2.39. The molecule has 3 rings (SSSR count). The van der Waals surface area contributed by atoms with E-state index in [2.05, 4.69) is 15.5 Å². The molecule has 168 valence electrons. The topological polar surface area (TPSA) is 62.8 Å². The molecular formula is C22H26ClF2N3O3. The van der Waals surface area contributed by atoms with Gasteiger partial charge in [-0.2, -0.15) is 0 Å². The van der Waals surface area contributed by atoms with Gasteiger partial charge in [-0.25, -0.2) is 13.6 Å². The zero-order valence-corrected chi connectivity index (χ0v) is 18.2. The number of benzene rings is 2. The average molecular weight is 454 g/mol. The lowest BCUT2D eigenvalue weighted by Crippen LogP contribution is -2.51. The molecule has 2 aromatic carbocycles. The van der Waals surface area contributed by atoms with Crippen LogP contribution in [-0.2, 0) is 4.74 Å². The Labute approximate surface area is 185 Å². The number of likely N-dealkylation sites (tertiary alicyclic amines) is 1. The van der Waals surface area contributed by atoms with E-state index in [0.29, 0.717) is 43.4 Å². The molecule has 0 spiro atoms. The number of rotatable bonds is 7. The Bertz CT molecular complexity index is 875. The highest BCUT2D eigenvalue weighted by Gasteiger charge is 2.35. The van der Waals surface area contributed by atoms with Gasteiger partial charge in [0.15, 0.2) is 0 Å². The molecule has 0 saturated carbocycles. The van der Waals surface area contributed by atoms with Crippen LogP contribution in [0.2, 0.25) is 5.02 Å². The molecule has 0 aromatic heterocycles. The summed E-state index contributed by atoms with van der Waals surface area (Å²) >= 11 is 5.87. The fraction of sp³-hybridized carbons (Fsp3) is 0.409. The normalized spacial score (nSPS) is 19.1. The molecule has 1 fully saturated rings. The molecule has 1 aliphatic heterocycles. The first kappa shape index (κ1) is 23.2. The molecule has 0 bridgehead atoms. The van der Waals surface area contributed by atoms with Gasteiger partial charge in [0.25, 0.3) is 0 Å². The molecule has 1 heterocycles. The first-order valence-electron chi connectivity index (χ1n) is 9.98. The van der Waals surface area contributed by atoms with Crippen molar-refractivity contribution in [2.75, 3.05) is 45.8 Å². The number of carbonyl (C=O) groups excluding carboxylic acids is 1. The standard InChI is InChI=1S/C22H26ClF2N3O3/c1-30-10-9-28-8-7-20(27-22(29)26-15-5-3-14(23)4-6-15)17(13-28)21-18(24)11-16(31-2)12-19(21)25/h3-6,11-12,17,20H,7-10,13H2,1-2H3,(H2,26,27,29)/t17-,20-/m0/s1. The minimum atomic E-state index is -0.694. The fourth-order valence-electron chi connectivity index (χ4n) is 3.81. The highest BCUT2D eigenvalue weighted by molar-refractivity contribution is 6.30. The second-order valence-electron chi connectivity index (χ2n) is 7.41. The third-order valence-corrected chi connectivity index (χ3v) is 5.64. The summed E-state index contributed by atoms with van der Waals surface area (Å²) in [6.07, 6.45) is 0.535. The first-order chi connectivity index (χ1) is 14.9. The maximum atomic E-state index is 14.9. The number of anilines is 1. The number of urea groups is 1. The number of ether oxygens (including phenoxy) is 2. The van der Waals surface area contributed by atoms with Crippen molar-refractivity contribution < 1.29 is 23.0 Å². The van der Waals surface area contributed by atoms with Crippen LogP contribution in [0.25, 0.3) is 0 Å². The van der Waals surface area contributed by atoms with Crippen LogP contribution in [0.4, 0.5) is 19.3 Å². The number of carbonyl (C=O) groups is 1. The van der Waals surface area contributed by atoms with Gasteiger partial charge in [0, 0.05) is 67.1 Å². The lowest BCUT2D eigenvalue weighted by atomic mass is 9.85. The lowest BCUT2D eigenvalue weighted by molar-refractivity contribution is 0.116. The van der Waals surface area contributed by atoms with Gasteiger partial charge >= 0.3 is 6.03 Å². The van der Waals surface area contributed by atoms with E-state index in [4.69, 9.17) is 21.1 Å². The summed E-state index contributed by atoms with van der Waals surface area (Å²) in [5.41, 5.74) is 0.512. The molecule has 31 heavy (non-hydrogen) atoms. The number of hydrogen-bond donors (Lipinski definition) is 2. The summed E-state index contributed by atoms with van der Waals surface area (Å²) in [4.78, 5) is 14.6. The third kappa shape index (κ3) is 6.06. The largest absolute Gasteiger partial charge is 0.497 e. The zero-order valence-electron chi connectivity index (χ0n) is 17.5. The first-order valence-corrected chi connectivity index (χ1v) is 10.4. The maximum Gasteiger partial charge on any atom is 0.319 e. The van der Waals surface area contributed by atoms with Gasteiger partial charge in [-0.15, -0.1) is 0 Å². The van der Waals surface area contributed by atoms with E-state index in [0.717, 1.165) is 12.1 Å². The van der Waals surface area contributed by atoms with Crippen LogP contribution < -0.4 is 15.4 Å². The van der Waals surface area contributed by atoms with E-state index < -0.39 is 29.6 Å². The van der Waals surface area contributed by atoms with Gasteiger partial charge in [0.05, 0.1) is 13.7 Å². The van der Waals surface area contributed by atoms with Gasteiger partial charge in [-0.1, -0.05) is 11.6 Å². The van der Waals surface area contributed by atoms with Crippen LogP contribution in [0.1, 0.15) is 17.9 Å². The van der Waals surface area contributed by atoms with Crippen molar-refractivity contribution in [3.05, 3.63) is 58.6 Å². The SMILES string of the molecule is COCCN1CC[C@H](NC(=O)Nc2ccc(Cl)cc2)[C@@H](c2c(F)cc(OC)cc2F)C1. The summed E-state index contributed by atoms with van der Waals surface area (Å²) in [7, 11) is 2.96. The van der Waals surface area contributed by atoms with Gasteiger partial charge in [0.2, 0.25) is 0 Å². The second kappa shape index (κ2) is 10.7. The van der Waals surface area contributed by atoms with Crippen molar-refractivity contribution in [2.24, 2.45) is 0 Å². The van der Waals surface area contributed by atoms with E-state index in [1.807, 2.05) is 0 Å². The van der Waals surface area contributed by atoms with Crippen LogP contribution in [0.15, 0.2) is 36.4 Å². The monoisotopic (exact) mass is 453 g/mol. The van der Waals surface area contributed by atoms with Crippen molar-refractivity contribution in [3.8, 4) is 5.75 Å². The number of piperidine rings is 1. The van der Waals surface area contributed by atoms with Crippen molar-refractivity contribution in [1.29, 1.82) is 0 Å². The quantitative estimate of drug-likeness (QED) is 0.657. The Morgan fingerprint density at radius 2 is 1.87 bits per heavy atom. The summed E-state index contributed by atoms with van der Waals surface area (Å²) in [6.45, 7) is 2.20. The van der Waals surface area contributed by atoms with Crippen LogP contribution in [-0.4, -0.2) is 57.4 Å². The molecule has 0 radical (unpaired) electrons. The molecule has 2 atom stereocenters. The number of nitrogens with zero attached hydrogens (tertiary/aromatic N) is 1. The Morgan fingerprint density at radius 3 is 2.48 bits per heavy atom. The highest BCUT2D eigenvalue weighted by Crippen LogP contribution is 2.33. The van der Waals surface area contributed by atoms with Crippen molar-refractivity contribution >= 4 is 23.3 Å². The minimum absolute atomic E-state index is 0.0558. The predicted molar refractivity (Wildman–Crippen MR) is 116 cm³/mol. The zero-order chi connectivity index (χ0) is 22.4.